The molecule has 3 nitrogen and oxygen atoms in total. The van der Waals surface area contributed by atoms with Gasteiger partial charge in [-0.2, -0.15) is 0 Å². The highest BCUT2D eigenvalue weighted by molar-refractivity contribution is 4.66. The second kappa shape index (κ2) is 3.83. The highest BCUT2D eigenvalue weighted by Gasteiger charge is 2.10. The first-order valence-corrected chi connectivity index (χ1v) is 2.54. The lowest BCUT2D eigenvalue weighted by Gasteiger charge is -2.08. The number of aliphatic hydroxyl groups is 3. The number of aliphatic hydroxyl groups excluding tert-OH is 2. The number of rotatable bonds is 3. The monoisotopic (exact) mass is 119 g/mol. The largest absolute Gasteiger partial charge is 0.396 e. The first-order chi connectivity index (χ1) is 3.68. The van der Waals surface area contributed by atoms with Crippen LogP contribution in [0.25, 0.3) is 0 Å². The molecule has 3 N–H and O–H groups in total. The Morgan fingerprint density at radius 3 is 2.12 bits per heavy atom. The van der Waals surface area contributed by atoms with Crippen LogP contribution < -0.4 is 0 Å². The lowest BCUT2D eigenvalue weighted by atomic mass is 10.1. The Labute approximate surface area is 48.6 Å². The van der Waals surface area contributed by atoms with Crippen LogP contribution >= 0.6 is 0 Å². The van der Waals surface area contributed by atoms with E-state index in [4.69, 9.17) is 15.3 Å². The van der Waals surface area contributed by atoms with Gasteiger partial charge in [-0.05, 0) is 6.42 Å². The molecule has 0 amide bonds. The van der Waals surface area contributed by atoms with Crippen molar-refractivity contribution in [1.82, 2.24) is 0 Å². The third-order valence-electron chi connectivity index (χ3n) is 1.00. The first-order valence-electron chi connectivity index (χ1n) is 2.54. The highest BCUT2D eigenvalue weighted by atomic mass is 16.5. The van der Waals surface area contributed by atoms with Crippen LogP contribution in [0.5, 0.6) is 0 Å². The minimum Gasteiger partial charge on any atom is -0.396 e. The SMILES string of the molecule is CC(CCO)[C](O)O. The fourth-order valence-electron chi connectivity index (χ4n) is 0.323. The fraction of sp³-hybridized carbons (Fsp3) is 0.800. The van der Waals surface area contributed by atoms with Gasteiger partial charge in [0.25, 0.3) is 0 Å². The predicted octanol–water partition coefficient (Wildman–Crippen LogP) is 0.239. The normalized spacial score (nSPS) is 14.6. The molecule has 8 heavy (non-hydrogen) atoms. The summed E-state index contributed by atoms with van der Waals surface area (Å²) in [4.78, 5) is 0. The van der Waals surface area contributed by atoms with Crippen molar-refractivity contribution in [3.05, 3.63) is 6.29 Å². The van der Waals surface area contributed by atoms with Gasteiger partial charge >= 0.3 is 0 Å². The average Bonchev–Trinajstić information content (AvgIpc) is 1.67. The molecular formula is C5H11O3. The second-order valence-corrected chi connectivity index (χ2v) is 1.77. The standard InChI is InChI=1S/C5H11O3/c1-4(2-3-6)5(7)8/h4,6-8H,2-3H2,1H3. The lowest BCUT2D eigenvalue weighted by molar-refractivity contribution is 0.0307. The number of hydrogen-bond acceptors (Lipinski definition) is 3. The van der Waals surface area contributed by atoms with E-state index in [1.807, 2.05) is 0 Å². The topological polar surface area (TPSA) is 60.7 Å². The predicted molar refractivity (Wildman–Crippen MR) is 28.0 cm³/mol. The zero-order valence-electron chi connectivity index (χ0n) is 4.83. The molecule has 1 unspecified atom stereocenters. The van der Waals surface area contributed by atoms with Crippen LogP contribution in [0.1, 0.15) is 13.3 Å². The minimum atomic E-state index is -0.598. The summed E-state index contributed by atoms with van der Waals surface area (Å²) < 4.78 is 0. The van der Waals surface area contributed by atoms with Crippen molar-refractivity contribution in [2.75, 3.05) is 6.61 Å². The summed E-state index contributed by atoms with van der Waals surface area (Å²) >= 11 is 0. The van der Waals surface area contributed by atoms with Crippen LogP contribution in [0.15, 0.2) is 0 Å². The third-order valence-corrected chi connectivity index (χ3v) is 1.00. The van der Waals surface area contributed by atoms with Crippen LogP contribution in [0.2, 0.25) is 0 Å². The van der Waals surface area contributed by atoms with E-state index in [0.29, 0.717) is 6.42 Å². The van der Waals surface area contributed by atoms with E-state index < -0.39 is 6.29 Å². The molecule has 1 atom stereocenters. The van der Waals surface area contributed by atoms with Crippen molar-refractivity contribution >= 4 is 0 Å². The Morgan fingerprint density at radius 2 is 2.00 bits per heavy atom. The molecule has 0 saturated heterocycles. The average molecular weight is 119 g/mol. The molecule has 0 heterocycles. The Bertz CT molecular complexity index is 53.6. The molecular weight excluding hydrogens is 108 g/mol. The van der Waals surface area contributed by atoms with E-state index >= 15 is 0 Å². The molecule has 0 fully saturated rings. The molecule has 0 spiro atoms. The van der Waals surface area contributed by atoms with Gasteiger partial charge in [-0.1, -0.05) is 6.92 Å². The quantitative estimate of drug-likeness (QED) is 0.498. The molecule has 0 aliphatic carbocycles. The van der Waals surface area contributed by atoms with Gasteiger partial charge in [0.05, 0.1) is 0 Å². The molecule has 0 aromatic rings. The van der Waals surface area contributed by atoms with Crippen LogP contribution in [-0.4, -0.2) is 21.9 Å². The summed E-state index contributed by atoms with van der Waals surface area (Å²) in [5, 5.41) is 24.9. The van der Waals surface area contributed by atoms with E-state index in [1.54, 1.807) is 6.92 Å². The Hall–Kier alpha value is -0.120. The Kier molecular flexibility index (Phi) is 3.77. The van der Waals surface area contributed by atoms with Gasteiger partial charge in [0.2, 0.25) is 6.29 Å². The molecule has 0 aliphatic heterocycles. The molecule has 0 aromatic heterocycles. The van der Waals surface area contributed by atoms with Crippen LogP contribution in [-0.2, 0) is 0 Å². The summed E-state index contributed by atoms with van der Waals surface area (Å²) in [6, 6.07) is 0. The summed E-state index contributed by atoms with van der Waals surface area (Å²) in [7, 11) is 0. The van der Waals surface area contributed by atoms with Crippen molar-refractivity contribution in [3.63, 3.8) is 0 Å². The highest BCUT2D eigenvalue weighted by Crippen LogP contribution is 2.09. The maximum atomic E-state index is 8.31. The van der Waals surface area contributed by atoms with Crippen LogP contribution in [0, 0.1) is 12.2 Å². The molecule has 0 rings (SSSR count). The van der Waals surface area contributed by atoms with Gasteiger partial charge in [0, 0.05) is 12.5 Å². The van der Waals surface area contributed by atoms with Crippen molar-refractivity contribution < 1.29 is 15.3 Å². The number of hydrogen-bond donors (Lipinski definition) is 3. The minimum absolute atomic E-state index is 0.00815. The lowest BCUT2D eigenvalue weighted by Crippen LogP contribution is -2.08. The summed E-state index contributed by atoms with van der Waals surface area (Å²) in [5.41, 5.74) is 0. The zero-order valence-corrected chi connectivity index (χ0v) is 4.83. The van der Waals surface area contributed by atoms with E-state index in [1.165, 1.54) is 0 Å². The summed E-state index contributed by atoms with van der Waals surface area (Å²) in [5.74, 6) is -0.306. The third kappa shape index (κ3) is 2.96. The second-order valence-electron chi connectivity index (χ2n) is 1.77. The molecule has 1 radical (unpaired) electrons. The van der Waals surface area contributed by atoms with Crippen molar-refractivity contribution in [3.8, 4) is 0 Å². The Balaban J connectivity index is 3.17. The molecule has 0 bridgehead atoms. The van der Waals surface area contributed by atoms with E-state index in [-0.39, 0.29) is 12.5 Å². The van der Waals surface area contributed by atoms with Gasteiger partial charge in [-0.15, -0.1) is 0 Å². The summed E-state index contributed by atoms with van der Waals surface area (Å²) in [6.45, 7) is 1.62. The molecule has 0 aliphatic rings. The van der Waals surface area contributed by atoms with E-state index in [0.717, 1.165) is 0 Å². The Morgan fingerprint density at radius 1 is 1.50 bits per heavy atom. The van der Waals surface area contributed by atoms with Crippen LogP contribution in [0.3, 0.4) is 0 Å². The van der Waals surface area contributed by atoms with Gasteiger partial charge < -0.3 is 15.3 Å². The van der Waals surface area contributed by atoms with Crippen molar-refractivity contribution in [2.45, 2.75) is 13.3 Å². The maximum absolute atomic E-state index is 8.31. The van der Waals surface area contributed by atoms with Crippen molar-refractivity contribution in [2.24, 2.45) is 5.92 Å². The van der Waals surface area contributed by atoms with Gasteiger partial charge in [-0.25, -0.2) is 0 Å². The van der Waals surface area contributed by atoms with Gasteiger partial charge in [0.15, 0.2) is 0 Å². The van der Waals surface area contributed by atoms with Crippen molar-refractivity contribution in [1.29, 1.82) is 0 Å². The maximum Gasteiger partial charge on any atom is 0.221 e. The smallest absolute Gasteiger partial charge is 0.221 e. The summed E-state index contributed by atoms with van der Waals surface area (Å²) in [6.07, 6.45) is -0.193. The molecule has 0 saturated carbocycles. The first kappa shape index (κ1) is 7.88. The van der Waals surface area contributed by atoms with Gasteiger partial charge in [-0.3, -0.25) is 0 Å². The molecule has 49 valence electrons. The van der Waals surface area contributed by atoms with E-state index in [2.05, 4.69) is 0 Å². The van der Waals surface area contributed by atoms with Gasteiger partial charge in [0.1, 0.15) is 0 Å². The fourth-order valence-corrected chi connectivity index (χ4v) is 0.323. The van der Waals surface area contributed by atoms with E-state index in [9.17, 15) is 0 Å². The van der Waals surface area contributed by atoms with Crippen LogP contribution in [0.4, 0.5) is 0 Å². The molecule has 0 aromatic carbocycles. The molecule has 3 heteroatoms. The zero-order chi connectivity index (χ0) is 6.57.